The molecule has 1 amide bonds. The van der Waals surface area contributed by atoms with Crippen LogP contribution >= 0.6 is 23.4 Å². The van der Waals surface area contributed by atoms with Gasteiger partial charge >= 0.3 is 0 Å². The smallest absolute Gasteiger partial charge is 0.223 e. The maximum atomic E-state index is 12.4. The van der Waals surface area contributed by atoms with E-state index in [1.807, 2.05) is 36.2 Å². The van der Waals surface area contributed by atoms with Crippen LogP contribution in [0.5, 0.6) is 0 Å². The molecule has 0 bridgehead atoms. The highest BCUT2D eigenvalue weighted by Crippen LogP contribution is 2.27. The summed E-state index contributed by atoms with van der Waals surface area (Å²) in [5.74, 6) is 1.02. The molecular weight excluding hydrogens is 328 g/mol. The number of piperidine rings is 1. The quantitative estimate of drug-likeness (QED) is 0.717. The number of hydrogen-bond acceptors (Lipinski definition) is 3. The van der Waals surface area contributed by atoms with Crippen LogP contribution in [0, 0.1) is 0 Å². The fraction of sp³-hybridized carbons (Fsp3) is 0.611. The van der Waals surface area contributed by atoms with Crippen LogP contribution in [0.15, 0.2) is 29.2 Å². The minimum absolute atomic E-state index is 0.243. The van der Waals surface area contributed by atoms with E-state index in [0.717, 1.165) is 41.6 Å². The van der Waals surface area contributed by atoms with Crippen LogP contribution in [0.3, 0.4) is 0 Å². The molecule has 128 valence electrons. The Morgan fingerprint density at radius 3 is 2.61 bits per heavy atom. The number of likely N-dealkylation sites (tertiary alicyclic amines) is 1. The Hall–Kier alpha value is -0.710. The van der Waals surface area contributed by atoms with E-state index < -0.39 is 0 Å². The predicted octanol–water partition coefficient (Wildman–Crippen LogP) is 4.15. The van der Waals surface area contributed by atoms with Gasteiger partial charge in [0, 0.05) is 49.3 Å². The van der Waals surface area contributed by atoms with E-state index in [1.54, 1.807) is 11.8 Å². The normalized spacial score (nSPS) is 16.7. The first kappa shape index (κ1) is 18.6. The molecular formula is C18H27ClN2OS. The van der Waals surface area contributed by atoms with Crippen molar-refractivity contribution in [3.05, 3.63) is 29.3 Å². The van der Waals surface area contributed by atoms with Crippen LogP contribution in [0.2, 0.25) is 5.02 Å². The molecule has 1 aliphatic heterocycles. The largest absolute Gasteiger partial charge is 0.343 e. The average molecular weight is 355 g/mol. The third-order valence-electron chi connectivity index (χ3n) is 4.58. The summed E-state index contributed by atoms with van der Waals surface area (Å²) in [5, 5.41) is 0.763. The minimum Gasteiger partial charge on any atom is -0.343 e. The topological polar surface area (TPSA) is 23.6 Å². The molecule has 0 spiro atoms. The molecule has 1 aliphatic rings. The summed E-state index contributed by atoms with van der Waals surface area (Å²) >= 11 is 7.80. The summed E-state index contributed by atoms with van der Waals surface area (Å²) in [6.07, 6.45) is 2.73. The third kappa shape index (κ3) is 5.40. The zero-order valence-corrected chi connectivity index (χ0v) is 15.9. The molecule has 0 aromatic heterocycles. The number of thioether (sulfide) groups is 1. The van der Waals surface area contributed by atoms with Crippen molar-refractivity contribution in [2.24, 2.45) is 0 Å². The Labute approximate surface area is 149 Å². The second kappa shape index (κ2) is 8.95. The molecule has 1 fully saturated rings. The fourth-order valence-corrected chi connectivity index (χ4v) is 4.16. The van der Waals surface area contributed by atoms with Gasteiger partial charge < -0.3 is 9.80 Å². The number of carbonyl (C=O) groups excluding carboxylic acids is 1. The van der Waals surface area contributed by atoms with Crippen LogP contribution in [0.4, 0.5) is 0 Å². The van der Waals surface area contributed by atoms with E-state index >= 15 is 0 Å². The number of rotatable bonds is 6. The van der Waals surface area contributed by atoms with Crippen LogP contribution in [-0.2, 0) is 4.79 Å². The second-order valence-electron chi connectivity index (χ2n) is 6.39. The summed E-state index contributed by atoms with van der Waals surface area (Å²) in [5.41, 5.74) is 0. The summed E-state index contributed by atoms with van der Waals surface area (Å²) < 4.78 is 0. The lowest BCUT2D eigenvalue weighted by Crippen LogP contribution is -2.47. The van der Waals surface area contributed by atoms with Crippen LogP contribution < -0.4 is 0 Å². The Morgan fingerprint density at radius 2 is 2.00 bits per heavy atom. The fourth-order valence-electron chi connectivity index (χ4n) is 2.98. The van der Waals surface area contributed by atoms with Crippen molar-refractivity contribution in [1.29, 1.82) is 0 Å². The molecule has 3 nitrogen and oxygen atoms in total. The van der Waals surface area contributed by atoms with Crippen molar-refractivity contribution >= 4 is 29.3 Å². The summed E-state index contributed by atoms with van der Waals surface area (Å²) in [6.45, 7) is 6.66. The minimum atomic E-state index is 0.243. The Balaban J connectivity index is 1.74. The van der Waals surface area contributed by atoms with Gasteiger partial charge in [0.1, 0.15) is 0 Å². The van der Waals surface area contributed by atoms with Crippen molar-refractivity contribution in [2.45, 2.75) is 50.1 Å². The lowest BCUT2D eigenvalue weighted by atomic mass is 10.0. The number of carbonyl (C=O) groups is 1. The van der Waals surface area contributed by atoms with Crippen LogP contribution in [-0.4, -0.2) is 53.7 Å². The maximum absolute atomic E-state index is 12.4. The molecule has 23 heavy (non-hydrogen) atoms. The van der Waals surface area contributed by atoms with Gasteiger partial charge in [-0.2, -0.15) is 0 Å². The molecule has 0 N–H and O–H groups in total. The summed E-state index contributed by atoms with van der Waals surface area (Å²) in [6, 6.07) is 8.79. The SMILES string of the molecule is CC(C)N1CCC(N(C)C(=O)CCSc2ccccc2Cl)CC1. The van der Waals surface area contributed by atoms with Gasteiger partial charge in [-0.1, -0.05) is 23.7 Å². The second-order valence-corrected chi connectivity index (χ2v) is 7.94. The monoisotopic (exact) mass is 354 g/mol. The highest BCUT2D eigenvalue weighted by molar-refractivity contribution is 7.99. The zero-order valence-electron chi connectivity index (χ0n) is 14.3. The molecule has 0 saturated carbocycles. The highest BCUT2D eigenvalue weighted by Gasteiger charge is 2.25. The first-order valence-electron chi connectivity index (χ1n) is 8.36. The van der Waals surface area contributed by atoms with Crippen LogP contribution in [0.1, 0.15) is 33.1 Å². The van der Waals surface area contributed by atoms with E-state index in [4.69, 9.17) is 11.6 Å². The van der Waals surface area contributed by atoms with Gasteiger partial charge in [-0.05, 0) is 38.8 Å². The van der Waals surface area contributed by atoms with E-state index in [1.165, 1.54) is 0 Å². The van der Waals surface area contributed by atoms with Crippen molar-refractivity contribution in [2.75, 3.05) is 25.9 Å². The van der Waals surface area contributed by atoms with Crippen LogP contribution in [0.25, 0.3) is 0 Å². The summed E-state index contributed by atoms with van der Waals surface area (Å²) in [7, 11) is 1.96. The Kier molecular flexibility index (Phi) is 7.25. The van der Waals surface area contributed by atoms with Crippen molar-refractivity contribution < 1.29 is 4.79 Å². The van der Waals surface area contributed by atoms with Crippen molar-refractivity contribution in [3.8, 4) is 0 Å². The molecule has 0 atom stereocenters. The Morgan fingerprint density at radius 1 is 1.35 bits per heavy atom. The lowest BCUT2D eigenvalue weighted by molar-refractivity contribution is -0.132. The van der Waals surface area contributed by atoms with E-state index in [-0.39, 0.29) is 5.91 Å². The molecule has 0 radical (unpaired) electrons. The van der Waals surface area contributed by atoms with Crippen molar-refractivity contribution in [1.82, 2.24) is 9.80 Å². The molecule has 2 rings (SSSR count). The van der Waals surface area contributed by atoms with Gasteiger partial charge in [-0.3, -0.25) is 4.79 Å². The van der Waals surface area contributed by atoms with E-state index in [9.17, 15) is 4.79 Å². The molecule has 1 aromatic carbocycles. The number of amides is 1. The zero-order chi connectivity index (χ0) is 16.8. The standard InChI is InChI=1S/C18H27ClN2OS/c1-14(2)21-11-8-15(9-12-21)20(3)18(22)10-13-23-17-7-5-4-6-16(17)19/h4-7,14-15H,8-13H2,1-3H3. The average Bonchev–Trinajstić information content (AvgIpc) is 2.56. The molecule has 1 heterocycles. The summed E-state index contributed by atoms with van der Waals surface area (Å²) in [4.78, 5) is 17.9. The number of hydrogen-bond donors (Lipinski definition) is 0. The van der Waals surface area contributed by atoms with Gasteiger partial charge in [0.25, 0.3) is 0 Å². The number of halogens is 1. The van der Waals surface area contributed by atoms with Gasteiger partial charge in [0.05, 0.1) is 5.02 Å². The van der Waals surface area contributed by atoms with Crippen molar-refractivity contribution in [3.63, 3.8) is 0 Å². The molecule has 0 unspecified atom stereocenters. The first-order chi connectivity index (χ1) is 11.0. The van der Waals surface area contributed by atoms with E-state index in [2.05, 4.69) is 18.7 Å². The van der Waals surface area contributed by atoms with Gasteiger partial charge in [0.2, 0.25) is 5.91 Å². The lowest BCUT2D eigenvalue weighted by Gasteiger charge is -2.38. The highest BCUT2D eigenvalue weighted by atomic mass is 35.5. The van der Waals surface area contributed by atoms with Gasteiger partial charge in [-0.25, -0.2) is 0 Å². The van der Waals surface area contributed by atoms with Gasteiger partial charge in [-0.15, -0.1) is 11.8 Å². The third-order valence-corrected chi connectivity index (χ3v) is 6.10. The number of benzene rings is 1. The number of nitrogens with zero attached hydrogens (tertiary/aromatic N) is 2. The maximum Gasteiger partial charge on any atom is 0.223 e. The first-order valence-corrected chi connectivity index (χ1v) is 9.72. The Bertz CT molecular complexity index is 515. The van der Waals surface area contributed by atoms with E-state index in [0.29, 0.717) is 18.5 Å². The molecule has 1 saturated heterocycles. The molecule has 0 aliphatic carbocycles. The molecule has 1 aromatic rings. The molecule has 5 heteroatoms. The predicted molar refractivity (Wildman–Crippen MR) is 99.3 cm³/mol. The van der Waals surface area contributed by atoms with Gasteiger partial charge in [0.15, 0.2) is 0 Å².